The molecule has 0 aliphatic heterocycles. The fourth-order valence-electron chi connectivity index (χ4n) is 2.22. The molecule has 0 saturated heterocycles. The molecule has 0 spiro atoms. The Labute approximate surface area is 117 Å². The van der Waals surface area contributed by atoms with E-state index in [1.54, 1.807) is 13.0 Å². The van der Waals surface area contributed by atoms with Crippen molar-refractivity contribution in [2.45, 2.75) is 24.7 Å². The molecule has 3 nitrogen and oxygen atoms in total. The number of allylic oxidation sites excluding steroid dienone is 2. The van der Waals surface area contributed by atoms with Gasteiger partial charge in [-0.1, -0.05) is 42.5 Å². The molecule has 0 saturated carbocycles. The third kappa shape index (κ3) is 2.51. The van der Waals surface area contributed by atoms with Crippen LogP contribution < -0.4 is 0 Å². The lowest BCUT2D eigenvalue weighted by atomic mass is 9.91. The van der Waals surface area contributed by atoms with Crippen molar-refractivity contribution in [1.29, 1.82) is 5.26 Å². The molecular formula is C16H16FNO2. The van der Waals surface area contributed by atoms with Crippen LogP contribution in [0.5, 0.6) is 0 Å². The number of rotatable bonds is 4. The van der Waals surface area contributed by atoms with Crippen LogP contribution in [0.4, 0.5) is 4.39 Å². The van der Waals surface area contributed by atoms with Crippen molar-refractivity contribution in [3.05, 3.63) is 60.0 Å². The van der Waals surface area contributed by atoms with Crippen LogP contribution in [0, 0.1) is 11.3 Å². The van der Waals surface area contributed by atoms with E-state index in [1.165, 1.54) is 19.3 Å². The maximum absolute atomic E-state index is 14.2. The van der Waals surface area contributed by atoms with E-state index < -0.39 is 23.6 Å². The number of ether oxygens (including phenoxy) is 2. The quantitative estimate of drug-likeness (QED) is 0.843. The van der Waals surface area contributed by atoms with Gasteiger partial charge in [-0.3, -0.25) is 0 Å². The van der Waals surface area contributed by atoms with Crippen LogP contribution in [-0.4, -0.2) is 18.8 Å². The van der Waals surface area contributed by atoms with E-state index in [9.17, 15) is 9.65 Å². The number of benzene rings is 1. The highest BCUT2D eigenvalue weighted by molar-refractivity contribution is 5.36. The van der Waals surface area contributed by atoms with Gasteiger partial charge in [0.2, 0.25) is 5.60 Å². The minimum atomic E-state index is -1.74. The Kier molecular flexibility index (Phi) is 4.33. The summed E-state index contributed by atoms with van der Waals surface area (Å²) in [6.07, 6.45) is 3.17. The summed E-state index contributed by atoms with van der Waals surface area (Å²) in [5.41, 5.74) is -0.863. The van der Waals surface area contributed by atoms with Gasteiger partial charge in [-0.25, -0.2) is 4.39 Å². The van der Waals surface area contributed by atoms with E-state index in [1.807, 2.05) is 36.4 Å². The Morgan fingerprint density at radius 1 is 1.35 bits per heavy atom. The van der Waals surface area contributed by atoms with Gasteiger partial charge in [-0.2, -0.15) is 5.26 Å². The molecule has 2 rings (SSSR count). The lowest BCUT2D eigenvalue weighted by Gasteiger charge is -2.35. The second-order valence-corrected chi connectivity index (χ2v) is 4.57. The number of halogens is 1. The standard InChI is InChI=1S/C16H16FNO2/c1-12(13-7-4-3-5-8-13)20-16(11-18)14(17)9-6-10-15(16)19-2/h3-10,12,15H,1-2H3. The fourth-order valence-corrected chi connectivity index (χ4v) is 2.22. The third-order valence-electron chi connectivity index (χ3n) is 3.34. The van der Waals surface area contributed by atoms with Crippen molar-refractivity contribution >= 4 is 0 Å². The highest BCUT2D eigenvalue weighted by Gasteiger charge is 2.47. The molecule has 0 fully saturated rings. The first-order valence-corrected chi connectivity index (χ1v) is 6.35. The van der Waals surface area contributed by atoms with E-state index in [0.29, 0.717) is 0 Å². The summed E-state index contributed by atoms with van der Waals surface area (Å²) in [5.74, 6) is -0.642. The molecule has 104 valence electrons. The predicted molar refractivity (Wildman–Crippen MR) is 73.4 cm³/mol. The van der Waals surface area contributed by atoms with E-state index >= 15 is 0 Å². The molecule has 1 aliphatic carbocycles. The van der Waals surface area contributed by atoms with Gasteiger partial charge in [-0.15, -0.1) is 0 Å². The van der Waals surface area contributed by atoms with Crippen LogP contribution >= 0.6 is 0 Å². The maximum Gasteiger partial charge on any atom is 0.236 e. The van der Waals surface area contributed by atoms with Gasteiger partial charge >= 0.3 is 0 Å². The molecule has 0 radical (unpaired) electrons. The number of nitrogens with zero attached hydrogens (tertiary/aromatic N) is 1. The van der Waals surface area contributed by atoms with Crippen molar-refractivity contribution < 1.29 is 13.9 Å². The minimum Gasteiger partial charge on any atom is -0.373 e. The highest BCUT2D eigenvalue weighted by atomic mass is 19.1. The summed E-state index contributed by atoms with van der Waals surface area (Å²) in [5, 5.41) is 9.44. The Morgan fingerprint density at radius 3 is 2.65 bits per heavy atom. The van der Waals surface area contributed by atoms with Crippen LogP contribution in [0.25, 0.3) is 0 Å². The average Bonchev–Trinajstić information content (AvgIpc) is 2.50. The molecule has 0 N–H and O–H groups in total. The average molecular weight is 273 g/mol. The van der Waals surface area contributed by atoms with Crippen LogP contribution in [0.1, 0.15) is 18.6 Å². The summed E-state index contributed by atoms with van der Waals surface area (Å²) in [6, 6.07) is 11.3. The summed E-state index contributed by atoms with van der Waals surface area (Å²) < 4.78 is 25.1. The summed E-state index contributed by atoms with van der Waals surface area (Å²) in [7, 11) is 1.43. The van der Waals surface area contributed by atoms with Crippen molar-refractivity contribution in [2.24, 2.45) is 0 Å². The normalized spacial score (nSPS) is 26.7. The summed E-state index contributed by atoms with van der Waals surface area (Å²) >= 11 is 0. The topological polar surface area (TPSA) is 42.2 Å². The highest BCUT2D eigenvalue weighted by Crippen LogP contribution is 2.36. The number of nitriles is 1. The van der Waals surface area contributed by atoms with Gasteiger partial charge in [0.05, 0.1) is 6.10 Å². The van der Waals surface area contributed by atoms with Crippen LogP contribution in [0.2, 0.25) is 0 Å². The number of hydrogen-bond donors (Lipinski definition) is 0. The zero-order valence-electron chi connectivity index (χ0n) is 11.4. The number of hydrogen-bond acceptors (Lipinski definition) is 3. The molecule has 0 heterocycles. The van der Waals surface area contributed by atoms with Crippen LogP contribution in [0.3, 0.4) is 0 Å². The van der Waals surface area contributed by atoms with Crippen molar-refractivity contribution in [3.8, 4) is 6.07 Å². The monoisotopic (exact) mass is 273 g/mol. The second-order valence-electron chi connectivity index (χ2n) is 4.57. The molecular weight excluding hydrogens is 257 g/mol. The first-order chi connectivity index (χ1) is 9.64. The lowest BCUT2D eigenvalue weighted by molar-refractivity contribution is -0.104. The fraction of sp³-hybridized carbons (Fsp3) is 0.312. The van der Waals surface area contributed by atoms with Gasteiger partial charge in [0.1, 0.15) is 18.0 Å². The van der Waals surface area contributed by atoms with E-state index in [-0.39, 0.29) is 0 Å². The predicted octanol–water partition coefficient (Wildman–Crippen LogP) is 3.46. The molecule has 4 heteroatoms. The third-order valence-corrected chi connectivity index (χ3v) is 3.34. The molecule has 0 aromatic heterocycles. The van der Waals surface area contributed by atoms with Crippen molar-refractivity contribution in [3.63, 3.8) is 0 Å². The lowest BCUT2D eigenvalue weighted by Crippen LogP contribution is -2.46. The zero-order chi connectivity index (χ0) is 14.6. The molecule has 3 unspecified atom stereocenters. The van der Waals surface area contributed by atoms with Gasteiger partial charge in [0, 0.05) is 7.11 Å². The van der Waals surface area contributed by atoms with Crippen LogP contribution in [0.15, 0.2) is 54.4 Å². The van der Waals surface area contributed by atoms with Gasteiger partial charge in [0.15, 0.2) is 0 Å². The number of methoxy groups -OCH3 is 1. The Balaban J connectivity index is 2.30. The van der Waals surface area contributed by atoms with E-state index in [2.05, 4.69) is 0 Å². The largest absolute Gasteiger partial charge is 0.373 e. The Hall–Kier alpha value is -1.96. The molecule has 0 amide bonds. The van der Waals surface area contributed by atoms with E-state index in [4.69, 9.17) is 9.47 Å². The van der Waals surface area contributed by atoms with Crippen LogP contribution in [-0.2, 0) is 9.47 Å². The molecule has 1 aliphatic rings. The SMILES string of the molecule is COC1C=CC=C(F)C1(C#N)OC(C)c1ccccc1. The van der Waals surface area contributed by atoms with Crippen molar-refractivity contribution in [1.82, 2.24) is 0 Å². The van der Waals surface area contributed by atoms with Gasteiger partial charge in [0.25, 0.3) is 0 Å². The Morgan fingerprint density at radius 2 is 2.05 bits per heavy atom. The first kappa shape index (κ1) is 14.4. The second kappa shape index (κ2) is 6.00. The smallest absolute Gasteiger partial charge is 0.236 e. The molecule has 1 aromatic carbocycles. The molecule has 20 heavy (non-hydrogen) atoms. The summed E-state index contributed by atoms with van der Waals surface area (Å²) in [4.78, 5) is 0. The Bertz CT molecular complexity index is 562. The minimum absolute atomic E-state index is 0.431. The molecule has 3 atom stereocenters. The van der Waals surface area contributed by atoms with Crippen molar-refractivity contribution in [2.75, 3.05) is 7.11 Å². The first-order valence-electron chi connectivity index (χ1n) is 6.35. The molecule has 1 aromatic rings. The van der Waals surface area contributed by atoms with E-state index in [0.717, 1.165) is 5.56 Å². The maximum atomic E-state index is 14.2. The van der Waals surface area contributed by atoms with Gasteiger partial charge in [-0.05, 0) is 18.6 Å². The zero-order valence-corrected chi connectivity index (χ0v) is 11.4. The van der Waals surface area contributed by atoms with Gasteiger partial charge < -0.3 is 9.47 Å². The molecule has 0 bridgehead atoms. The summed E-state index contributed by atoms with van der Waals surface area (Å²) in [6.45, 7) is 1.78.